The molecule has 1 aliphatic rings. The largest absolute Gasteiger partial charge is 0.304 e. The number of aromatic nitrogens is 2. The third-order valence-electron chi connectivity index (χ3n) is 4.13. The maximum atomic E-state index is 12.7. The number of amides is 1. The van der Waals surface area contributed by atoms with E-state index in [1.807, 2.05) is 39.0 Å². The topological polar surface area (TPSA) is 121 Å². The molecule has 8 heteroatoms. The molecule has 0 spiro atoms. The SMILES string of the molecule is Cc1ncc(-c2ccc3c(c2)N(C(=N)/N=N\N)C(=O)C3(C)C)cn1.[HH]. The van der Waals surface area contributed by atoms with Crippen molar-refractivity contribution in [3.63, 3.8) is 0 Å². The van der Waals surface area contributed by atoms with E-state index in [4.69, 9.17) is 11.3 Å². The zero-order chi connectivity index (χ0) is 17.5. The van der Waals surface area contributed by atoms with Crippen molar-refractivity contribution >= 4 is 17.6 Å². The third-order valence-corrected chi connectivity index (χ3v) is 4.13. The zero-order valence-electron chi connectivity index (χ0n) is 13.6. The molecule has 0 unspecified atom stereocenters. The lowest BCUT2D eigenvalue weighted by Gasteiger charge is -2.17. The lowest BCUT2D eigenvalue weighted by Crippen LogP contribution is -2.39. The average molecular weight is 325 g/mol. The lowest BCUT2D eigenvalue weighted by atomic mass is 9.85. The highest BCUT2D eigenvalue weighted by Gasteiger charge is 2.45. The number of nitrogens with one attached hydrogen (secondary N) is 1. The Bertz CT molecular complexity index is 861. The fraction of sp³-hybridized carbons (Fsp3) is 0.250. The summed E-state index contributed by atoms with van der Waals surface area (Å²) >= 11 is 0. The Hall–Kier alpha value is -3.16. The molecule has 0 bridgehead atoms. The zero-order valence-corrected chi connectivity index (χ0v) is 13.6. The first kappa shape index (κ1) is 15.7. The first-order chi connectivity index (χ1) is 11.4. The highest BCUT2D eigenvalue weighted by atomic mass is 16.2. The van der Waals surface area contributed by atoms with Gasteiger partial charge in [-0.15, -0.1) is 0 Å². The van der Waals surface area contributed by atoms with Crippen LogP contribution in [0, 0.1) is 12.3 Å². The van der Waals surface area contributed by atoms with Gasteiger partial charge in [-0.1, -0.05) is 22.5 Å². The molecule has 0 saturated carbocycles. The van der Waals surface area contributed by atoms with Crippen molar-refractivity contribution in [3.05, 3.63) is 42.0 Å². The van der Waals surface area contributed by atoms with Gasteiger partial charge in [-0.05, 0) is 38.0 Å². The van der Waals surface area contributed by atoms with Gasteiger partial charge in [0, 0.05) is 19.4 Å². The summed E-state index contributed by atoms with van der Waals surface area (Å²) in [5.74, 6) is 5.15. The molecule has 0 saturated heterocycles. The van der Waals surface area contributed by atoms with E-state index < -0.39 is 5.41 Å². The van der Waals surface area contributed by atoms with E-state index in [0.717, 1.165) is 16.7 Å². The van der Waals surface area contributed by atoms with Crippen LogP contribution >= 0.6 is 0 Å². The van der Waals surface area contributed by atoms with Gasteiger partial charge in [0.15, 0.2) is 0 Å². The number of hydrogen-bond acceptors (Lipinski definition) is 5. The van der Waals surface area contributed by atoms with Gasteiger partial charge >= 0.3 is 0 Å². The van der Waals surface area contributed by atoms with Gasteiger partial charge in [-0.25, -0.2) is 14.9 Å². The van der Waals surface area contributed by atoms with Gasteiger partial charge in [0.05, 0.1) is 11.1 Å². The normalized spacial score (nSPS) is 15.8. The van der Waals surface area contributed by atoms with Crippen molar-refractivity contribution in [1.82, 2.24) is 9.97 Å². The Balaban J connectivity index is 0.00000225. The summed E-state index contributed by atoms with van der Waals surface area (Å²) in [5, 5.41) is 14.6. The molecule has 2 aromatic rings. The molecule has 124 valence electrons. The average Bonchev–Trinajstić information content (AvgIpc) is 2.75. The molecule has 8 nitrogen and oxygen atoms in total. The summed E-state index contributed by atoms with van der Waals surface area (Å²) in [5.41, 5.74) is 2.34. The Morgan fingerprint density at radius 1 is 1.29 bits per heavy atom. The van der Waals surface area contributed by atoms with Crippen LogP contribution in [0.3, 0.4) is 0 Å². The molecule has 2 heterocycles. The number of rotatable bonds is 1. The van der Waals surface area contributed by atoms with Crippen LogP contribution in [0.15, 0.2) is 40.9 Å². The Kier molecular flexibility index (Phi) is 3.59. The number of guanidine groups is 1. The minimum Gasteiger partial charge on any atom is -0.304 e. The van der Waals surface area contributed by atoms with Gasteiger partial charge in [0.2, 0.25) is 5.91 Å². The molecular formula is C16H19N7O. The third kappa shape index (κ3) is 2.32. The fourth-order valence-corrected chi connectivity index (χ4v) is 2.78. The molecule has 1 aromatic heterocycles. The van der Waals surface area contributed by atoms with Crippen LogP contribution in [0.4, 0.5) is 5.69 Å². The quantitative estimate of drug-likeness (QED) is 0.275. The Morgan fingerprint density at radius 3 is 2.58 bits per heavy atom. The number of carbonyl (C=O) groups is 1. The van der Waals surface area contributed by atoms with E-state index >= 15 is 0 Å². The van der Waals surface area contributed by atoms with E-state index in [9.17, 15) is 4.79 Å². The van der Waals surface area contributed by atoms with Crippen LogP contribution < -0.4 is 10.7 Å². The molecule has 1 amide bonds. The number of benzene rings is 1. The molecule has 0 aliphatic carbocycles. The summed E-state index contributed by atoms with van der Waals surface area (Å²) < 4.78 is 0. The molecule has 0 atom stereocenters. The second kappa shape index (κ2) is 5.48. The van der Waals surface area contributed by atoms with Crippen LogP contribution in [0.1, 0.15) is 26.7 Å². The molecule has 1 aromatic carbocycles. The smallest absolute Gasteiger partial charge is 0.251 e. The number of aryl methyl sites for hydroxylation is 1. The first-order valence-electron chi connectivity index (χ1n) is 7.34. The van der Waals surface area contributed by atoms with Crippen molar-refractivity contribution in [1.29, 1.82) is 5.41 Å². The van der Waals surface area contributed by atoms with Crippen LogP contribution in [0.5, 0.6) is 0 Å². The van der Waals surface area contributed by atoms with Gasteiger partial charge < -0.3 is 5.84 Å². The fourth-order valence-electron chi connectivity index (χ4n) is 2.78. The minimum atomic E-state index is -0.756. The number of hydrogen-bond donors (Lipinski definition) is 2. The van der Waals surface area contributed by atoms with Crippen LogP contribution in [-0.2, 0) is 10.2 Å². The van der Waals surface area contributed by atoms with Crippen LogP contribution in [0.2, 0.25) is 0 Å². The van der Waals surface area contributed by atoms with E-state index in [-0.39, 0.29) is 13.3 Å². The van der Waals surface area contributed by atoms with Crippen LogP contribution in [-0.4, -0.2) is 21.8 Å². The molecular weight excluding hydrogens is 306 g/mol. The number of fused-ring (bicyclic) bond motifs is 1. The molecule has 0 radical (unpaired) electrons. The summed E-state index contributed by atoms with van der Waals surface area (Å²) in [4.78, 5) is 22.3. The minimum absolute atomic E-state index is 0. The maximum absolute atomic E-state index is 12.7. The maximum Gasteiger partial charge on any atom is 0.251 e. The number of carbonyl (C=O) groups excluding carboxylic acids is 1. The van der Waals surface area contributed by atoms with E-state index in [0.29, 0.717) is 11.5 Å². The van der Waals surface area contributed by atoms with E-state index in [2.05, 4.69) is 20.3 Å². The van der Waals surface area contributed by atoms with Gasteiger partial charge in [-0.2, -0.15) is 0 Å². The van der Waals surface area contributed by atoms with E-state index in [1.165, 1.54) is 4.90 Å². The number of nitrogens with zero attached hydrogens (tertiary/aromatic N) is 5. The van der Waals surface area contributed by atoms with Gasteiger partial charge in [0.25, 0.3) is 5.96 Å². The molecule has 3 N–H and O–H groups in total. The lowest BCUT2D eigenvalue weighted by molar-refractivity contribution is -0.121. The van der Waals surface area contributed by atoms with Crippen LogP contribution in [0.25, 0.3) is 11.1 Å². The summed E-state index contributed by atoms with van der Waals surface area (Å²) in [7, 11) is 0. The highest BCUT2D eigenvalue weighted by Crippen LogP contribution is 2.43. The Labute approximate surface area is 140 Å². The number of nitrogens with two attached hydrogens (primary N) is 1. The first-order valence-corrected chi connectivity index (χ1v) is 7.34. The molecule has 0 fully saturated rings. The summed E-state index contributed by atoms with van der Waals surface area (Å²) in [6, 6.07) is 5.63. The van der Waals surface area contributed by atoms with Crippen molar-refractivity contribution < 1.29 is 6.22 Å². The van der Waals surface area contributed by atoms with Crippen molar-refractivity contribution in [2.45, 2.75) is 26.2 Å². The second-order valence-corrected chi connectivity index (χ2v) is 6.06. The standard InChI is InChI=1S/C16H17N7O.H2/c1-9-19-7-11(8-20-9)10-4-5-12-13(6-10)23(15(17)21-22-18)14(24)16(12,2)3;/h4-8H,1-3H3,(H3,17,18,21);1H. The molecule has 1 aliphatic heterocycles. The predicted molar refractivity (Wildman–Crippen MR) is 91.6 cm³/mol. The summed E-state index contributed by atoms with van der Waals surface area (Å²) in [6.07, 6.45) is 3.45. The predicted octanol–water partition coefficient (Wildman–Crippen LogP) is 2.58. The highest BCUT2D eigenvalue weighted by molar-refractivity contribution is 6.23. The van der Waals surface area contributed by atoms with Crippen molar-refractivity contribution in [3.8, 4) is 11.1 Å². The molecule has 3 rings (SSSR count). The van der Waals surface area contributed by atoms with Crippen molar-refractivity contribution in [2.24, 2.45) is 16.2 Å². The Morgan fingerprint density at radius 2 is 1.96 bits per heavy atom. The molecule has 24 heavy (non-hydrogen) atoms. The van der Waals surface area contributed by atoms with Gasteiger partial charge in [0.1, 0.15) is 5.82 Å². The van der Waals surface area contributed by atoms with E-state index in [1.54, 1.807) is 12.4 Å². The monoisotopic (exact) mass is 325 g/mol. The second-order valence-electron chi connectivity index (χ2n) is 6.06. The van der Waals surface area contributed by atoms with Gasteiger partial charge in [-0.3, -0.25) is 10.2 Å². The van der Waals surface area contributed by atoms with Crippen molar-refractivity contribution in [2.75, 3.05) is 4.90 Å². The number of anilines is 1. The summed E-state index contributed by atoms with van der Waals surface area (Å²) in [6.45, 7) is 5.44.